The predicted molar refractivity (Wildman–Crippen MR) is 76.9 cm³/mol. The Labute approximate surface area is 120 Å². The molecular formula is C15H26N2O3. The van der Waals surface area contributed by atoms with E-state index >= 15 is 0 Å². The lowest BCUT2D eigenvalue weighted by Gasteiger charge is -2.41. The standard InChI is InChI=1S/C15H26N2O3/c1-4-17-13(12(19-3)11-16-17)14(18)15(20-5-2)9-7-6-8-10-15/h11,14,18H,4-10H2,1-3H3. The maximum atomic E-state index is 11.0. The highest BCUT2D eigenvalue weighted by Crippen LogP contribution is 2.43. The van der Waals surface area contributed by atoms with Crippen molar-refractivity contribution in [3.05, 3.63) is 11.9 Å². The monoisotopic (exact) mass is 282 g/mol. The first-order chi connectivity index (χ1) is 9.68. The number of hydrogen-bond acceptors (Lipinski definition) is 4. The lowest BCUT2D eigenvalue weighted by molar-refractivity contribution is -0.144. The van der Waals surface area contributed by atoms with Crippen LogP contribution in [0.5, 0.6) is 5.75 Å². The Morgan fingerprint density at radius 3 is 2.60 bits per heavy atom. The first-order valence-electron chi connectivity index (χ1n) is 7.60. The molecule has 1 fully saturated rings. The molecule has 0 radical (unpaired) electrons. The molecule has 1 aromatic rings. The second-order valence-corrected chi connectivity index (χ2v) is 5.37. The van der Waals surface area contributed by atoms with Crippen molar-refractivity contribution < 1.29 is 14.6 Å². The van der Waals surface area contributed by atoms with Crippen molar-refractivity contribution in [3.8, 4) is 5.75 Å². The van der Waals surface area contributed by atoms with E-state index in [0.717, 1.165) is 31.4 Å². The number of aliphatic hydroxyl groups excluding tert-OH is 1. The van der Waals surface area contributed by atoms with E-state index in [-0.39, 0.29) is 0 Å². The van der Waals surface area contributed by atoms with Gasteiger partial charge >= 0.3 is 0 Å². The Kier molecular flexibility index (Phi) is 5.05. The van der Waals surface area contributed by atoms with Gasteiger partial charge in [-0.3, -0.25) is 4.68 Å². The number of nitrogens with zero attached hydrogens (tertiary/aromatic N) is 2. The molecule has 1 unspecified atom stereocenters. The van der Waals surface area contributed by atoms with Crippen LogP contribution < -0.4 is 4.74 Å². The lowest BCUT2D eigenvalue weighted by atomic mass is 9.79. The summed E-state index contributed by atoms with van der Waals surface area (Å²) in [4.78, 5) is 0. The van der Waals surface area contributed by atoms with Crippen molar-refractivity contribution in [3.63, 3.8) is 0 Å². The minimum Gasteiger partial charge on any atom is -0.493 e. The molecule has 1 N–H and O–H groups in total. The summed E-state index contributed by atoms with van der Waals surface area (Å²) < 4.78 is 13.2. The van der Waals surface area contributed by atoms with Crippen molar-refractivity contribution in [1.29, 1.82) is 0 Å². The molecule has 1 aliphatic rings. The fraction of sp³-hybridized carbons (Fsp3) is 0.800. The van der Waals surface area contributed by atoms with E-state index in [1.54, 1.807) is 18.0 Å². The fourth-order valence-electron chi connectivity index (χ4n) is 3.25. The smallest absolute Gasteiger partial charge is 0.162 e. The molecule has 114 valence electrons. The maximum absolute atomic E-state index is 11.0. The van der Waals surface area contributed by atoms with Gasteiger partial charge in [0.25, 0.3) is 0 Å². The third kappa shape index (κ3) is 2.69. The van der Waals surface area contributed by atoms with Gasteiger partial charge in [0.2, 0.25) is 0 Å². The van der Waals surface area contributed by atoms with Gasteiger partial charge < -0.3 is 14.6 Å². The average molecular weight is 282 g/mol. The highest BCUT2D eigenvalue weighted by atomic mass is 16.5. The van der Waals surface area contributed by atoms with E-state index in [0.29, 0.717) is 18.9 Å². The summed E-state index contributed by atoms with van der Waals surface area (Å²) in [7, 11) is 1.61. The minimum atomic E-state index is -0.694. The van der Waals surface area contributed by atoms with Crippen molar-refractivity contribution >= 4 is 0 Å². The molecule has 0 aromatic carbocycles. The summed E-state index contributed by atoms with van der Waals surface area (Å²) in [6.07, 6.45) is 6.16. The summed E-state index contributed by atoms with van der Waals surface area (Å²) >= 11 is 0. The van der Waals surface area contributed by atoms with Gasteiger partial charge in [0, 0.05) is 13.2 Å². The van der Waals surface area contributed by atoms with Crippen LogP contribution in [0.1, 0.15) is 57.7 Å². The molecule has 1 heterocycles. The Bertz CT molecular complexity index is 398. The molecule has 0 saturated heterocycles. The summed E-state index contributed by atoms with van der Waals surface area (Å²) in [5.74, 6) is 0.643. The quantitative estimate of drug-likeness (QED) is 0.871. The van der Waals surface area contributed by atoms with Crippen LogP contribution in [-0.2, 0) is 11.3 Å². The SMILES string of the molecule is CCOC1(C(O)c2c(OC)cnn2CC)CCCCC1. The molecule has 5 heteroatoms. The van der Waals surface area contributed by atoms with Crippen molar-refractivity contribution in [1.82, 2.24) is 9.78 Å². The van der Waals surface area contributed by atoms with Gasteiger partial charge in [0.1, 0.15) is 11.8 Å². The number of methoxy groups -OCH3 is 1. The normalized spacial score (nSPS) is 19.8. The van der Waals surface area contributed by atoms with Crippen LogP contribution in [0.3, 0.4) is 0 Å². The van der Waals surface area contributed by atoms with E-state index in [1.165, 1.54) is 6.42 Å². The van der Waals surface area contributed by atoms with Gasteiger partial charge in [-0.2, -0.15) is 5.10 Å². The van der Waals surface area contributed by atoms with E-state index in [1.807, 2.05) is 13.8 Å². The van der Waals surface area contributed by atoms with E-state index in [9.17, 15) is 5.11 Å². The Hall–Kier alpha value is -1.07. The predicted octanol–water partition coefficient (Wildman–Crippen LogP) is 2.68. The second-order valence-electron chi connectivity index (χ2n) is 5.37. The summed E-state index contributed by atoms with van der Waals surface area (Å²) in [5, 5.41) is 15.3. The third-order valence-electron chi connectivity index (χ3n) is 4.25. The molecule has 2 rings (SSSR count). The van der Waals surface area contributed by atoms with Crippen molar-refractivity contribution in [2.45, 2.75) is 64.2 Å². The van der Waals surface area contributed by atoms with Crippen molar-refractivity contribution in [2.24, 2.45) is 0 Å². The molecule has 0 bridgehead atoms. The Morgan fingerprint density at radius 1 is 1.35 bits per heavy atom. The summed E-state index contributed by atoms with van der Waals surface area (Å²) in [6.45, 7) is 5.31. The number of ether oxygens (including phenoxy) is 2. The molecule has 1 aromatic heterocycles. The molecule has 1 aliphatic carbocycles. The zero-order valence-electron chi connectivity index (χ0n) is 12.8. The summed E-state index contributed by atoms with van der Waals surface area (Å²) in [6, 6.07) is 0. The molecule has 0 spiro atoms. The molecule has 20 heavy (non-hydrogen) atoms. The van der Waals surface area contributed by atoms with Crippen LogP contribution in [0.4, 0.5) is 0 Å². The molecule has 0 aliphatic heterocycles. The van der Waals surface area contributed by atoms with E-state index in [2.05, 4.69) is 5.10 Å². The highest BCUT2D eigenvalue weighted by molar-refractivity contribution is 5.29. The van der Waals surface area contributed by atoms with Gasteiger partial charge in [-0.05, 0) is 26.7 Å². The van der Waals surface area contributed by atoms with Crippen molar-refractivity contribution in [2.75, 3.05) is 13.7 Å². The number of hydrogen-bond donors (Lipinski definition) is 1. The van der Waals surface area contributed by atoms with Gasteiger partial charge in [0.15, 0.2) is 5.75 Å². The topological polar surface area (TPSA) is 56.5 Å². The average Bonchev–Trinajstić information content (AvgIpc) is 2.90. The first kappa shape index (κ1) is 15.3. The third-order valence-corrected chi connectivity index (χ3v) is 4.25. The highest BCUT2D eigenvalue weighted by Gasteiger charge is 2.43. The lowest BCUT2D eigenvalue weighted by Crippen LogP contribution is -2.42. The number of aryl methyl sites for hydroxylation is 1. The fourth-order valence-corrected chi connectivity index (χ4v) is 3.25. The first-order valence-corrected chi connectivity index (χ1v) is 7.60. The Balaban J connectivity index is 2.35. The van der Waals surface area contributed by atoms with Crippen LogP contribution in [0.15, 0.2) is 6.20 Å². The zero-order valence-corrected chi connectivity index (χ0v) is 12.8. The maximum Gasteiger partial charge on any atom is 0.162 e. The van der Waals surface area contributed by atoms with Crippen LogP contribution in [0.25, 0.3) is 0 Å². The van der Waals surface area contributed by atoms with Gasteiger partial charge in [-0.25, -0.2) is 0 Å². The molecule has 5 nitrogen and oxygen atoms in total. The van der Waals surface area contributed by atoms with Crippen LogP contribution in [0.2, 0.25) is 0 Å². The second kappa shape index (κ2) is 6.59. The number of aromatic nitrogens is 2. The summed E-state index contributed by atoms with van der Waals surface area (Å²) in [5.41, 5.74) is 0.248. The van der Waals surface area contributed by atoms with Crippen LogP contribution in [-0.4, -0.2) is 34.2 Å². The van der Waals surface area contributed by atoms with Gasteiger partial charge in [-0.15, -0.1) is 0 Å². The van der Waals surface area contributed by atoms with E-state index < -0.39 is 11.7 Å². The minimum absolute atomic E-state index is 0.493. The molecular weight excluding hydrogens is 256 g/mol. The van der Waals surface area contributed by atoms with Gasteiger partial charge in [-0.1, -0.05) is 19.3 Å². The Morgan fingerprint density at radius 2 is 2.05 bits per heavy atom. The number of rotatable bonds is 6. The molecule has 0 amide bonds. The van der Waals surface area contributed by atoms with Gasteiger partial charge in [0.05, 0.1) is 18.9 Å². The zero-order chi connectivity index (χ0) is 14.6. The van der Waals surface area contributed by atoms with Crippen LogP contribution >= 0.6 is 0 Å². The molecule has 1 saturated carbocycles. The number of aliphatic hydroxyl groups is 1. The van der Waals surface area contributed by atoms with E-state index in [4.69, 9.17) is 9.47 Å². The van der Waals surface area contributed by atoms with Crippen LogP contribution in [0, 0.1) is 0 Å². The molecule has 1 atom stereocenters. The largest absolute Gasteiger partial charge is 0.493 e.